The number of urea groups is 1. The van der Waals surface area contributed by atoms with Crippen molar-refractivity contribution in [3.8, 4) is 0 Å². The molecule has 3 rings (SSSR count). The van der Waals surface area contributed by atoms with Crippen LogP contribution in [0.15, 0.2) is 39.8 Å². The molecule has 0 spiro atoms. The first-order valence-electron chi connectivity index (χ1n) is 10.4. The highest BCUT2D eigenvalue weighted by Gasteiger charge is 2.43. The molecule has 1 saturated heterocycles. The first-order valence-corrected chi connectivity index (χ1v) is 11.8. The number of aryl methyl sites for hydroxylation is 1. The molecule has 1 aromatic heterocycles. The third-order valence-electron chi connectivity index (χ3n) is 5.58. The molecule has 13 heteroatoms. The van der Waals surface area contributed by atoms with Crippen LogP contribution in [0.5, 0.6) is 0 Å². The van der Waals surface area contributed by atoms with Gasteiger partial charge in [0.15, 0.2) is 0 Å². The molecular formula is C21H24F5N3O4S. The Hall–Kier alpha value is -2.67. The lowest BCUT2D eigenvalue weighted by atomic mass is 9.98. The van der Waals surface area contributed by atoms with Gasteiger partial charge in [0.05, 0.1) is 11.6 Å². The first kappa shape index (κ1) is 25.9. The number of benzene rings is 1. The van der Waals surface area contributed by atoms with Crippen LogP contribution in [-0.4, -0.2) is 38.0 Å². The summed E-state index contributed by atoms with van der Waals surface area (Å²) in [7, 11) is -4.20. The zero-order valence-corrected chi connectivity index (χ0v) is 19.2. The van der Waals surface area contributed by atoms with Crippen LogP contribution in [0.25, 0.3) is 0 Å². The minimum atomic E-state index is -4.38. The molecule has 0 saturated carbocycles. The molecule has 1 aromatic carbocycles. The van der Waals surface area contributed by atoms with Crippen molar-refractivity contribution >= 4 is 21.7 Å². The summed E-state index contributed by atoms with van der Waals surface area (Å²) < 4.78 is 97.8. The second kappa shape index (κ2) is 9.53. The molecule has 7 nitrogen and oxygen atoms in total. The van der Waals surface area contributed by atoms with E-state index in [1.165, 1.54) is 25.1 Å². The topological polar surface area (TPSA) is 91.7 Å². The predicted octanol–water partition coefficient (Wildman–Crippen LogP) is 4.98. The molecule has 34 heavy (non-hydrogen) atoms. The molecule has 1 aliphatic heterocycles. The van der Waals surface area contributed by atoms with Crippen molar-refractivity contribution in [3.05, 3.63) is 47.2 Å². The van der Waals surface area contributed by atoms with Gasteiger partial charge in [0, 0.05) is 38.2 Å². The molecule has 1 aliphatic rings. The van der Waals surface area contributed by atoms with Gasteiger partial charge in [-0.3, -0.25) is 0 Å². The van der Waals surface area contributed by atoms with Crippen molar-refractivity contribution in [1.82, 2.24) is 9.62 Å². The molecule has 0 unspecified atom stereocenters. The van der Waals surface area contributed by atoms with Gasteiger partial charge in [0.1, 0.15) is 5.76 Å². The average molecular weight is 509 g/mol. The van der Waals surface area contributed by atoms with Crippen LogP contribution in [0, 0.1) is 12.8 Å². The summed E-state index contributed by atoms with van der Waals surface area (Å²) in [5.74, 6) is -4.61. The Balaban J connectivity index is 1.65. The molecule has 0 bridgehead atoms. The number of amides is 2. The summed E-state index contributed by atoms with van der Waals surface area (Å²) in [6.07, 6.45) is -5.09. The normalized spacial score (nSPS) is 16.4. The number of carbonyl (C=O) groups is 1. The summed E-state index contributed by atoms with van der Waals surface area (Å²) in [5, 5.41) is 4.31. The zero-order valence-electron chi connectivity index (χ0n) is 18.4. The number of piperidine rings is 1. The number of halogens is 5. The highest BCUT2D eigenvalue weighted by molar-refractivity contribution is 7.89. The van der Waals surface area contributed by atoms with Gasteiger partial charge in [-0.15, -0.1) is 0 Å². The van der Waals surface area contributed by atoms with Gasteiger partial charge in [0.25, 0.3) is 15.9 Å². The highest BCUT2D eigenvalue weighted by atomic mass is 32.2. The molecule has 1 fully saturated rings. The summed E-state index contributed by atoms with van der Waals surface area (Å²) >= 11 is 0. The molecule has 0 radical (unpaired) electrons. The molecule has 2 aromatic rings. The fraction of sp³-hybridized carbons (Fsp3) is 0.476. The number of nitrogens with zero attached hydrogens (tertiary/aromatic N) is 1. The van der Waals surface area contributed by atoms with E-state index >= 15 is 0 Å². The smallest absolute Gasteiger partial charge is 0.391 e. The minimum Gasteiger partial charge on any atom is -0.446 e. The van der Waals surface area contributed by atoms with Gasteiger partial charge >= 0.3 is 12.2 Å². The number of anilines is 1. The second-order valence-corrected chi connectivity index (χ2v) is 9.98. The van der Waals surface area contributed by atoms with Crippen molar-refractivity contribution in [2.24, 2.45) is 5.92 Å². The lowest BCUT2D eigenvalue weighted by molar-refractivity contribution is -0.182. The number of nitrogens with one attached hydrogen (secondary N) is 2. The third kappa shape index (κ3) is 5.87. The van der Waals surface area contributed by atoms with Crippen LogP contribution < -0.4 is 10.6 Å². The Morgan fingerprint density at radius 1 is 1.15 bits per heavy atom. The second-order valence-electron chi connectivity index (χ2n) is 8.11. The van der Waals surface area contributed by atoms with Crippen LogP contribution in [0.1, 0.15) is 36.7 Å². The molecule has 2 heterocycles. The number of carbonyl (C=O) groups excluding carboxylic acids is 1. The van der Waals surface area contributed by atoms with E-state index in [4.69, 9.17) is 4.42 Å². The fourth-order valence-corrected chi connectivity index (χ4v) is 5.14. The number of alkyl halides is 5. The molecule has 2 amide bonds. The highest BCUT2D eigenvalue weighted by Crippen LogP contribution is 2.36. The Bertz CT molecular complexity index is 1130. The van der Waals surface area contributed by atoms with E-state index in [1.54, 1.807) is 6.07 Å². The van der Waals surface area contributed by atoms with Crippen LogP contribution in [-0.2, 0) is 22.5 Å². The summed E-state index contributed by atoms with van der Waals surface area (Å²) in [6, 6.07) is 5.99. The van der Waals surface area contributed by atoms with E-state index in [9.17, 15) is 35.2 Å². The number of hydrogen-bond donors (Lipinski definition) is 2. The predicted molar refractivity (Wildman–Crippen MR) is 113 cm³/mol. The van der Waals surface area contributed by atoms with Crippen LogP contribution in [0.2, 0.25) is 0 Å². The van der Waals surface area contributed by atoms with Crippen LogP contribution >= 0.6 is 0 Å². The van der Waals surface area contributed by atoms with Gasteiger partial charge in [-0.1, -0.05) is 24.3 Å². The van der Waals surface area contributed by atoms with E-state index in [2.05, 4.69) is 10.6 Å². The molecule has 2 N–H and O–H groups in total. The maximum Gasteiger partial charge on any atom is 0.391 e. The van der Waals surface area contributed by atoms with Crippen molar-refractivity contribution in [1.29, 1.82) is 0 Å². The maximum absolute atomic E-state index is 13.7. The monoisotopic (exact) mass is 509 g/mol. The fourth-order valence-electron chi connectivity index (χ4n) is 3.70. The summed E-state index contributed by atoms with van der Waals surface area (Å²) in [5.41, 5.74) is -0.00702. The Morgan fingerprint density at radius 2 is 1.76 bits per heavy atom. The van der Waals surface area contributed by atoms with E-state index in [-0.39, 0.29) is 55.1 Å². The third-order valence-corrected chi connectivity index (χ3v) is 7.34. The lowest BCUT2D eigenvalue weighted by Crippen LogP contribution is -2.41. The number of hydrogen-bond acceptors (Lipinski definition) is 4. The first-order chi connectivity index (χ1) is 15.7. The van der Waals surface area contributed by atoms with E-state index in [1.807, 2.05) is 0 Å². The SMILES string of the molecule is Cc1oc(S(=O)(=O)N2CCC(C(F)(F)F)CC2)cc1NC(=O)NCc1ccccc1C(C)(F)F. The van der Waals surface area contributed by atoms with Crippen molar-refractivity contribution in [2.75, 3.05) is 18.4 Å². The molecule has 0 atom stereocenters. The van der Waals surface area contributed by atoms with Gasteiger partial charge in [-0.05, 0) is 25.3 Å². The average Bonchev–Trinajstić information content (AvgIpc) is 3.12. The Morgan fingerprint density at radius 3 is 2.35 bits per heavy atom. The van der Waals surface area contributed by atoms with E-state index < -0.39 is 39.2 Å². The molecule has 188 valence electrons. The molecule has 0 aliphatic carbocycles. The number of furan rings is 1. The van der Waals surface area contributed by atoms with Gasteiger partial charge < -0.3 is 15.1 Å². The largest absolute Gasteiger partial charge is 0.446 e. The van der Waals surface area contributed by atoms with Gasteiger partial charge in [-0.2, -0.15) is 17.5 Å². The van der Waals surface area contributed by atoms with Crippen molar-refractivity contribution in [2.45, 2.75) is 50.4 Å². The number of rotatable bonds is 6. The van der Waals surface area contributed by atoms with Crippen LogP contribution in [0.3, 0.4) is 0 Å². The number of sulfonamides is 1. The maximum atomic E-state index is 13.7. The van der Waals surface area contributed by atoms with Gasteiger partial charge in [0.2, 0.25) is 5.09 Å². The van der Waals surface area contributed by atoms with E-state index in [0.717, 1.165) is 17.3 Å². The lowest BCUT2D eigenvalue weighted by Gasteiger charge is -2.31. The summed E-state index contributed by atoms with van der Waals surface area (Å²) in [4.78, 5) is 12.3. The van der Waals surface area contributed by atoms with Crippen LogP contribution in [0.4, 0.5) is 32.4 Å². The quantitative estimate of drug-likeness (QED) is 0.537. The van der Waals surface area contributed by atoms with Gasteiger partial charge in [-0.25, -0.2) is 22.0 Å². The van der Waals surface area contributed by atoms with Crippen molar-refractivity contribution in [3.63, 3.8) is 0 Å². The Kier molecular flexibility index (Phi) is 7.27. The molecular weight excluding hydrogens is 485 g/mol. The Labute approximate surface area is 193 Å². The zero-order chi connectivity index (χ0) is 25.3. The minimum absolute atomic E-state index is 0.0235. The standard InChI is InChI=1S/C21H24F5N3O4S/c1-13-17(28-19(30)27-12-14-5-3-4-6-16(14)20(2,22)23)11-18(33-13)34(31,32)29-9-7-15(8-10-29)21(24,25)26/h3-6,11,15H,7-10,12H2,1-2H3,(H2,27,28,30). The van der Waals surface area contributed by atoms with Crippen molar-refractivity contribution < 1.29 is 39.6 Å². The van der Waals surface area contributed by atoms with E-state index in [0.29, 0.717) is 0 Å². The summed E-state index contributed by atoms with van der Waals surface area (Å²) in [6.45, 7) is 1.32.